The first-order valence-electron chi connectivity index (χ1n) is 12.8. The summed E-state index contributed by atoms with van der Waals surface area (Å²) in [5.41, 5.74) is 7.14. The highest BCUT2D eigenvalue weighted by Gasteiger charge is 2.24. The molecule has 194 valence electrons. The number of nitrogens with one attached hydrogen (secondary N) is 2. The number of para-hydroxylation sites is 2. The van der Waals surface area contributed by atoms with Crippen LogP contribution in [0.25, 0.3) is 10.8 Å². The molecule has 37 heavy (non-hydrogen) atoms. The zero-order valence-electron chi connectivity index (χ0n) is 20.9. The molecule has 3 amide bonds. The molecule has 1 heterocycles. The Kier molecular flexibility index (Phi) is 9.10. The molecule has 0 aliphatic carbocycles. The van der Waals surface area contributed by atoms with Crippen LogP contribution in [-0.4, -0.2) is 50.5 Å². The Balaban J connectivity index is 1.37. The topological polar surface area (TPSA) is 114 Å². The van der Waals surface area contributed by atoms with Crippen LogP contribution >= 0.6 is 0 Å². The van der Waals surface area contributed by atoms with Gasteiger partial charge in [-0.15, -0.1) is 0 Å². The molecule has 0 unspecified atom stereocenters. The van der Waals surface area contributed by atoms with Crippen molar-refractivity contribution < 1.29 is 19.1 Å². The zero-order chi connectivity index (χ0) is 26.0. The third-order valence-corrected chi connectivity index (χ3v) is 6.49. The van der Waals surface area contributed by atoms with E-state index in [0.717, 1.165) is 22.0 Å². The molecule has 4 N–H and O–H groups in total. The molecule has 4 rings (SSSR count). The predicted octanol–water partition coefficient (Wildman–Crippen LogP) is 3.10. The standard InChI is InChI=1S/C29H34N4O4/c30-15-6-16-31-29(36)24(23-13-12-21-7-1-2-8-22(21)19-23)20-32-27(34)11-5-17-33-25-9-3-4-10-26(25)37-18-14-28(33)35/h1-4,7-10,12-13,19,24H,5-6,11,14-18,20,30H2,(H,31,36)(H,32,34)/t24-/m0/s1. The lowest BCUT2D eigenvalue weighted by Crippen LogP contribution is -2.38. The molecule has 0 saturated carbocycles. The molecule has 0 bridgehead atoms. The van der Waals surface area contributed by atoms with Crippen LogP contribution in [0.15, 0.2) is 66.7 Å². The molecule has 0 spiro atoms. The third kappa shape index (κ3) is 6.86. The number of anilines is 1. The van der Waals surface area contributed by atoms with Crippen LogP contribution < -0.4 is 26.0 Å². The van der Waals surface area contributed by atoms with Crippen molar-refractivity contribution in [1.29, 1.82) is 0 Å². The zero-order valence-corrected chi connectivity index (χ0v) is 20.9. The Morgan fingerprint density at radius 2 is 1.76 bits per heavy atom. The Labute approximate surface area is 217 Å². The van der Waals surface area contributed by atoms with Crippen molar-refractivity contribution >= 4 is 34.2 Å². The molecule has 1 aliphatic rings. The second kappa shape index (κ2) is 12.9. The Hall–Kier alpha value is -3.91. The number of ether oxygens (including phenoxy) is 1. The van der Waals surface area contributed by atoms with Crippen LogP contribution in [0.4, 0.5) is 5.69 Å². The van der Waals surface area contributed by atoms with Crippen LogP contribution in [0.1, 0.15) is 37.2 Å². The number of nitrogens with two attached hydrogens (primary N) is 1. The number of hydrogen-bond donors (Lipinski definition) is 3. The lowest BCUT2D eigenvalue weighted by molar-refractivity contribution is -0.124. The molecule has 3 aromatic rings. The molecule has 3 aromatic carbocycles. The van der Waals surface area contributed by atoms with Crippen LogP contribution in [0.5, 0.6) is 5.75 Å². The summed E-state index contributed by atoms with van der Waals surface area (Å²) in [5, 5.41) is 7.99. The fourth-order valence-electron chi connectivity index (χ4n) is 4.49. The maximum atomic E-state index is 13.0. The summed E-state index contributed by atoms with van der Waals surface area (Å²) in [6.07, 6.45) is 1.72. The summed E-state index contributed by atoms with van der Waals surface area (Å²) < 4.78 is 5.68. The molecule has 0 aromatic heterocycles. The average molecular weight is 503 g/mol. The maximum absolute atomic E-state index is 13.0. The number of rotatable bonds is 11. The minimum absolute atomic E-state index is 0.0177. The molecule has 0 radical (unpaired) electrons. The minimum Gasteiger partial charge on any atom is -0.491 e. The number of fused-ring (bicyclic) bond motifs is 2. The van der Waals surface area contributed by atoms with E-state index < -0.39 is 5.92 Å². The van der Waals surface area contributed by atoms with Crippen molar-refractivity contribution in [2.24, 2.45) is 5.73 Å². The predicted molar refractivity (Wildman–Crippen MR) is 145 cm³/mol. The average Bonchev–Trinajstić information content (AvgIpc) is 3.07. The monoisotopic (exact) mass is 502 g/mol. The quantitative estimate of drug-likeness (QED) is 0.349. The molecular formula is C29H34N4O4. The number of nitrogens with zero attached hydrogens (tertiary/aromatic N) is 1. The normalized spacial score (nSPS) is 13.9. The number of carbonyl (C=O) groups excluding carboxylic acids is 3. The highest BCUT2D eigenvalue weighted by atomic mass is 16.5. The number of amides is 3. The highest BCUT2D eigenvalue weighted by Crippen LogP contribution is 2.31. The van der Waals surface area contributed by atoms with E-state index in [-0.39, 0.29) is 30.7 Å². The van der Waals surface area contributed by atoms with Gasteiger partial charge in [0.25, 0.3) is 0 Å². The van der Waals surface area contributed by atoms with Gasteiger partial charge in [-0.2, -0.15) is 0 Å². The molecular weight excluding hydrogens is 468 g/mol. The van der Waals surface area contributed by atoms with Crippen molar-refractivity contribution in [2.45, 2.75) is 31.6 Å². The third-order valence-electron chi connectivity index (χ3n) is 6.49. The second-order valence-corrected chi connectivity index (χ2v) is 9.11. The highest BCUT2D eigenvalue weighted by molar-refractivity contribution is 5.95. The van der Waals surface area contributed by atoms with Crippen molar-refractivity contribution in [3.05, 3.63) is 72.3 Å². The summed E-state index contributed by atoms with van der Waals surface area (Å²) >= 11 is 0. The molecule has 1 aliphatic heterocycles. The van der Waals surface area contributed by atoms with E-state index in [4.69, 9.17) is 10.5 Å². The fourth-order valence-corrected chi connectivity index (χ4v) is 4.49. The first-order chi connectivity index (χ1) is 18.1. The Bertz CT molecular complexity index is 1250. The molecule has 0 saturated heterocycles. The van der Waals surface area contributed by atoms with Crippen LogP contribution in [0.2, 0.25) is 0 Å². The van der Waals surface area contributed by atoms with Crippen molar-refractivity contribution in [1.82, 2.24) is 10.6 Å². The number of hydrogen-bond acceptors (Lipinski definition) is 5. The summed E-state index contributed by atoms with van der Waals surface area (Å²) in [7, 11) is 0. The lowest BCUT2D eigenvalue weighted by Gasteiger charge is -2.22. The van der Waals surface area contributed by atoms with E-state index in [2.05, 4.69) is 10.6 Å². The van der Waals surface area contributed by atoms with E-state index in [1.54, 1.807) is 4.90 Å². The van der Waals surface area contributed by atoms with E-state index in [9.17, 15) is 14.4 Å². The molecule has 8 nitrogen and oxygen atoms in total. The minimum atomic E-state index is -0.525. The number of benzene rings is 3. The first kappa shape index (κ1) is 26.2. The fraction of sp³-hybridized carbons (Fsp3) is 0.345. The van der Waals surface area contributed by atoms with Gasteiger partial charge in [-0.05, 0) is 47.9 Å². The summed E-state index contributed by atoms with van der Waals surface area (Å²) in [6, 6.07) is 21.3. The maximum Gasteiger partial charge on any atom is 0.230 e. The second-order valence-electron chi connectivity index (χ2n) is 9.11. The van der Waals surface area contributed by atoms with Crippen LogP contribution in [-0.2, 0) is 14.4 Å². The van der Waals surface area contributed by atoms with E-state index in [1.165, 1.54) is 0 Å². The molecule has 8 heteroatoms. The van der Waals surface area contributed by atoms with Crippen LogP contribution in [0, 0.1) is 0 Å². The van der Waals surface area contributed by atoms with Gasteiger partial charge >= 0.3 is 0 Å². The van der Waals surface area contributed by atoms with Crippen molar-refractivity contribution in [3.8, 4) is 5.75 Å². The largest absolute Gasteiger partial charge is 0.491 e. The Morgan fingerprint density at radius 3 is 2.59 bits per heavy atom. The Morgan fingerprint density at radius 1 is 0.973 bits per heavy atom. The van der Waals surface area contributed by atoms with Crippen LogP contribution in [0.3, 0.4) is 0 Å². The van der Waals surface area contributed by atoms with Gasteiger partial charge in [0.15, 0.2) is 0 Å². The van der Waals surface area contributed by atoms with Gasteiger partial charge in [0.05, 0.1) is 24.6 Å². The van der Waals surface area contributed by atoms with Gasteiger partial charge in [-0.3, -0.25) is 14.4 Å². The van der Waals surface area contributed by atoms with Crippen molar-refractivity contribution in [2.75, 3.05) is 37.7 Å². The first-order valence-corrected chi connectivity index (χ1v) is 12.8. The lowest BCUT2D eigenvalue weighted by atomic mass is 9.95. The molecule has 0 fully saturated rings. The van der Waals surface area contributed by atoms with Gasteiger partial charge in [0.1, 0.15) is 5.75 Å². The smallest absolute Gasteiger partial charge is 0.230 e. The van der Waals surface area contributed by atoms with E-state index in [0.29, 0.717) is 51.3 Å². The van der Waals surface area contributed by atoms with Crippen molar-refractivity contribution in [3.63, 3.8) is 0 Å². The van der Waals surface area contributed by atoms with Gasteiger partial charge in [0, 0.05) is 26.1 Å². The van der Waals surface area contributed by atoms with Gasteiger partial charge in [-0.25, -0.2) is 0 Å². The summed E-state index contributed by atoms with van der Waals surface area (Å²) in [5.74, 6) is -0.168. The van der Waals surface area contributed by atoms with E-state index in [1.807, 2.05) is 66.7 Å². The van der Waals surface area contributed by atoms with Gasteiger partial charge in [0.2, 0.25) is 17.7 Å². The van der Waals surface area contributed by atoms with Gasteiger partial charge < -0.3 is 26.0 Å². The number of carbonyl (C=O) groups is 3. The summed E-state index contributed by atoms with van der Waals surface area (Å²) in [4.78, 5) is 40.0. The summed E-state index contributed by atoms with van der Waals surface area (Å²) in [6.45, 7) is 1.93. The van der Waals surface area contributed by atoms with E-state index >= 15 is 0 Å². The molecule has 1 atom stereocenters. The SMILES string of the molecule is NCCCNC(=O)[C@@H](CNC(=O)CCCN1C(=O)CCOc2ccccc21)c1ccc2ccccc2c1. The van der Waals surface area contributed by atoms with Gasteiger partial charge in [-0.1, -0.05) is 54.6 Å².